The van der Waals surface area contributed by atoms with Gasteiger partial charge < -0.3 is 0 Å². The van der Waals surface area contributed by atoms with Crippen LogP contribution in [0.15, 0.2) is 10.7 Å². The van der Waals surface area contributed by atoms with Crippen molar-refractivity contribution >= 4 is 15.9 Å². The molecule has 0 amide bonds. The molecule has 1 saturated carbocycles. The molecule has 2 rings (SSSR count). The Balaban J connectivity index is 2.21. The maximum absolute atomic E-state index is 5.86. The summed E-state index contributed by atoms with van der Waals surface area (Å²) in [6, 6.07) is 0.200. The number of halogens is 1. The molecule has 0 aromatic carbocycles. The third kappa shape index (κ3) is 3.20. The summed E-state index contributed by atoms with van der Waals surface area (Å²) in [4.78, 5) is 0. The first kappa shape index (κ1) is 15.0. The predicted molar refractivity (Wildman–Crippen MR) is 81.4 cm³/mol. The van der Waals surface area contributed by atoms with Crippen LogP contribution in [0.25, 0.3) is 0 Å². The zero-order valence-corrected chi connectivity index (χ0v) is 13.5. The van der Waals surface area contributed by atoms with Gasteiger partial charge in [-0.1, -0.05) is 26.2 Å². The van der Waals surface area contributed by atoms with Gasteiger partial charge in [-0.25, -0.2) is 0 Å². The highest BCUT2D eigenvalue weighted by Crippen LogP contribution is 2.39. The van der Waals surface area contributed by atoms with Gasteiger partial charge in [-0.15, -0.1) is 0 Å². The lowest BCUT2D eigenvalue weighted by atomic mass is 9.76. The lowest BCUT2D eigenvalue weighted by Gasteiger charge is -2.34. The molecule has 0 radical (unpaired) electrons. The molecule has 1 aromatic rings. The summed E-state index contributed by atoms with van der Waals surface area (Å²) in [6.45, 7) is 5.29. The van der Waals surface area contributed by atoms with Gasteiger partial charge in [0.2, 0.25) is 0 Å². The summed E-state index contributed by atoms with van der Waals surface area (Å²) in [6.07, 6.45) is 8.38. The van der Waals surface area contributed by atoms with Crippen molar-refractivity contribution in [1.29, 1.82) is 0 Å². The number of nitrogens with zero attached hydrogens (tertiary/aromatic N) is 2. The largest absolute Gasteiger partial charge is 0.271 e. The van der Waals surface area contributed by atoms with Crippen molar-refractivity contribution in [3.63, 3.8) is 0 Å². The van der Waals surface area contributed by atoms with Crippen LogP contribution in [0.5, 0.6) is 0 Å². The molecule has 0 saturated heterocycles. The number of aryl methyl sites for hydroxylation is 1. The third-order valence-electron chi connectivity index (χ3n) is 4.48. The van der Waals surface area contributed by atoms with Crippen LogP contribution in [-0.2, 0) is 6.54 Å². The van der Waals surface area contributed by atoms with Crippen molar-refractivity contribution in [3.05, 3.63) is 16.4 Å². The first-order valence-corrected chi connectivity index (χ1v) is 8.17. The summed E-state index contributed by atoms with van der Waals surface area (Å²) < 4.78 is 3.11. The Kier molecular flexibility index (Phi) is 5.42. The van der Waals surface area contributed by atoms with E-state index in [4.69, 9.17) is 5.84 Å². The van der Waals surface area contributed by atoms with Gasteiger partial charge in [0.1, 0.15) is 0 Å². The highest BCUT2D eigenvalue weighted by molar-refractivity contribution is 9.10. The number of rotatable bonds is 5. The van der Waals surface area contributed by atoms with E-state index in [9.17, 15) is 0 Å². The minimum Gasteiger partial charge on any atom is -0.271 e. The predicted octanol–water partition coefficient (Wildman–Crippen LogP) is 3.39. The molecule has 1 aromatic heterocycles. The Hall–Kier alpha value is -0.390. The van der Waals surface area contributed by atoms with E-state index in [0.717, 1.165) is 16.9 Å². The average Bonchev–Trinajstić information content (AvgIpc) is 2.82. The normalized spacial score (nSPS) is 25.5. The van der Waals surface area contributed by atoms with E-state index in [1.54, 1.807) is 0 Å². The fourth-order valence-electron chi connectivity index (χ4n) is 3.38. The summed E-state index contributed by atoms with van der Waals surface area (Å²) >= 11 is 3.62. The monoisotopic (exact) mass is 328 g/mol. The maximum Gasteiger partial charge on any atom is 0.0711 e. The SMILES string of the molecule is CCC1CCCC(C(NN)c2c(Br)cnn2CC)C1. The van der Waals surface area contributed by atoms with Gasteiger partial charge in [0.15, 0.2) is 0 Å². The zero-order chi connectivity index (χ0) is 13.8. The first-order chi connectivity index (χ1) is 9.21. The average molecular weight is 329 g/mol. The van der Waals surface area contributed by atoms with Gasteiger partial charge in [0.05, 0.1) is 22.4 Å². The molecule has 1 heterocycles. The second kappa shape index (κ2) is 6.86. The molecule has 19 heavy (non-hydrogen) atoms. The fourth-order valence-corrected chi connectivity index (χ4v) is 3.92. The first-order valence-electron chi connectivity index (χ1n) is 7.38. The van der Waals surface area contributed by atoms with Gasteiger partial charge >= 0.3 is 0 Å². The van der Waals surface area contributed by atoms with Gasteiger partial charge in [-0.3, -0.25) is 16.0 Å². The summed E-state index contributed by atoms with van der Waals surface area (Å²) in [5.74, 6) is 7.33. The Morgan fingerprint density at radius 2 is 2.32 bits per heavy atom. The standard InChI is InChI=1S/C14H25BrN4/c1-3-10-6-5-7-11(8-10)13(18-16)14-12(15)9-17-19(14)4-2/h9-11,13,18H,3-8,16H2,1-2H3. The van der Waals surface area contributed by atoms with Gasteiger partial charge in [0, 0.05) is 6.54 Å². The smallest absolute Gasteiger partial charge is 0.0711 e. The third-order valence-corrected chi connectivity index (χ3v) is 5.09. The summed E-state index contributed by atoms with van der Waals surface area (Å²) in [5, 5.41) is 4.41. The highest BCUT2D eigenvalue weighted by Gasteiger charge is 2.31. The van der Waals surface area contributed by atoms with Crippen molar-refractivity contribution in [2.75, 3.05) is 0 Å². The number of nitrogens with one attached hydrogen (secondary N) is 1. The van der Waals surface area contributed by atoms with Crippen molar-refractivity contribution < 1.29 is 0 Å². The van der Waals surface area contributed by atoms with Crippen molar-refractivity contribution in [2.45, 2.75) is 58.5 Å². The number of nitrogens with two attached hydrogens (primary N) is 1. The molecule has 1 aliphatic carbocycles. The highest BCUT2D eigenvalue weighted by atomic mass is 79.9. The Bertz CT molecular complexity index is 404. The molecule has 4 nitrogen and oxygen atoms in total. The Labute approximate surface area is 124 Å². The zero-order valence-electron chi connectivity index (χ0n) is 11.9. The number of hydrogen-bond donors (Lipinski definition) is 2. The summed E-state index contributed by atoms with van der Waals surface area (Å²) in [7, 11) is 0. The topological polar surface area (TPSA) is 55.9 Å². The van der Waals surface area contributed by atoms with E-state index in [0.29, 0.717) is 5.92 Å². The van der Waals surface area contributed by atoms with Crippen LogP contribution in [0.3, 0.4) is 0 Å². The van der Waals surface area contributed by atoms with E-state index in [1.807, 2.05) is 10.9 Å². The van der Waals surface area contributed by atoms with Crippen LogP contribution >= 0.6 is 15.9 Å². The van der Waals surface area contributed by atoms with E-state index in [1.165, 1.54) is 37.8 Å². The number of aromatic nitrogens is 2. The molecule has 1 fully saturated rings. The van der Waals surface area contributed by atoms with E-state index in [-0.39, 0.29) is 6.04 Å². The van der Waals surface area contributed by atoms with Crippen LogP contribution in [0.1, 0.15) is 57.7 Å². The number of hydrogen-bond acceptors (Lipinski definition) is 3. The van der Waals surface area contributed by atoms with Crippen LogP contribution < -0.4 is 11.3 Å². The molecular formula is C14H25BrN4. The maximum atomic E-state index is 5.86. The van der Waals surface area contributed by atoms with Crippen LogP contribution in [0.2, 0.25) is 0 Å². The molecule has 0 spiro atoms. The lowest BCUT2D eigenvalue weighted by molar-refractivity contribution is 0.203. The Morgan fingerprint density at radius 3 is 2.95 bits per heavy atom. The van der Waals surface area contributed by atoms with Crippen LogP contribution in [0.4, 0.5) is 0 Å². The summed E-state index contributed by atoms with van der Waals surface area (Å²) in [5.41, 5.74) is 4.24. The van der Waals surface area contributed by atoms with E-state index in [2.05, 4.69) is 40.3 Å². The van der Waals surface area contributed by atoms with Crippen molar-refractivity contribution in [3.8, 4) is 0 Å². The van der Waals surface area contributed by atoms with Gasteiger partial charge in [0.25, 0.3) is 0 Å². The molecule has 1 aliphatic rings. The van der Waals surface area contributed by atoms with Crippen LogP contribution in [-0.4, -0.2) is 9.78 Å². The molecule has 0 aliphatic heterocycles. The fraction of sp³-hybridized carbons (Fsp3) is 0.786. The molecule has 3 atom stereocenters. The minimum atomic E-state index is 0.200. The minimum absolute atomic E-state index is 0.200. The van der Waals surface area contributed by atoms with E-state index >= 15 is 0 Å². The van der Waals surface area contributed by atoms with Crippen molar-refractivity contribution in [2.24, 2.45) is 17.7 Å². The molecule has 3 N–H and O–H groups in total. The Morgan fingerprint density at radius 1 is 1.53 bits per heavy atom. The molecule has 5 heteroatoms. The quantitative estimate of drug-likeness (QED) is 0.643. The molecule has 108 valence electrons. The van der Waals surface area contributed by atoms with Crippen LogP contribution in [0, 0.1) is 11.8 Å². The molecule has 0 bridgehead atoms. The second-order valence-electron chi connectivity index (χ2n) is 5.54. The van der Waals surface area contributed by atoms with Gasteiger partial charge in [-0.2, -0.15) is 5.10 Å². The van der Waals surface area contributed by atoms with Gasteiger partial charge in [-0.05, 0) is 47.5 Å². The molecular weight excluding hydrogens is 304 g/mol. The number of hydrazine groups is 1. The van der Waals surface area contributed by atoms with E-state index < -0.39 is 0 Å². The second-order valence-corrected chi connectivity index (χ2v) is 6.39. The molecule has 3 unspecified atom stereocenters. The van der Waals surface area contributed by atoms with Crippen molar-refractivity contribution in [1.82, 2.24) is 15.2 Å². The lowest BCUT2D eigenvalue weighted by Crippen LogP contribution is -2.37.